The second-order valence-electron chi connectivity index (χ2n) is 10.8. The summed E-state index contributed by atoms with van der Waals surface area (Å²) in [7, 11) is 0. The number of anilines is 1. The van der Waals surface area contributed by atoms with E-state index in [4.69, 9.17) is 16.6 Å². The number of phenolic OH excluding ortho intramolecular Hbond substituents is 1. The highest BCUT2D eigenvalue weighted by atomic mass is 35.5. The van der Waals surface area contributed by atoms with Gasteiger partial charge in [-0.15, -0.1) is 0 Å². The van der Waals surface area contributed by atoms with Crippen molar-refractivity contribution in [2.75, 3.05) is 31.1 Å². The van der Waals surface area contributed by atoms with Gasteiger partial charge < -0.3 is 14.9 Å². The van der Waals surface area contributed by atoms with Gasteiger partial charge in [0.1, 0.15) is 28.7 Å². The molecule has 0 aliphatic carbocycles. The summed E-state index contributed by atoms with van der Waals surface area (Å²) in [4.78, 5) is 28.1. The molecule has 0 saturated carbocycles. The molecule has 10 heteroatoms. The number of amides is 1. The lowest BCUT2D eigenvalue weighted by molar-refractivity contribution is -0.128. The van der Waals surface area contributed by atoms with E-state index in [9.17, 15) is 14.3 Å². The van der Waals surface area contributed by atoms with Gasteiger partial charge in [-0.2, -0.15) is 0 Å². The molecule has 2 aliphatic rings. The fraction of sp³-hybridized carbons (Fsp3) is 0.414. The molecule has 0 radical (unpaired) electrons. The Bertz CT molecular complexity index is 1440. The lowest BCUT2D eigenvalue weighted by atomic mass is 9.96. The van der Waals surface area contributed by atoms with Gasteiger partial charge in [-0.25, -0.2) is 18.7 Å². The number of hydrogen-bond donors (Lipinski definition) is 1. The smallest absolute Gasteiger partial charge is 0.246 e. The van der Waals surface area contributed by atoms with Crippen LogP contribution < -0.4 is 4.90 Å². The summed E-state index contributed by atoms with van der Waals surface area (Å²) >= 11 is 6.58. The zero-order valence-electron chi connectivity index (χ0n) is 22.5. The van der Waals surface area contributed by atoms with E-state index in [1.54, 1.807) is 11.0 Å². The molecule has 0 bridgehead atoms. The number of aromatic nitrogens is 2. The van der Waals surface area contributed by atoms with Crippen molar-refractivity contribution in [2.45, 2.75) is 51.7 Å². The Morgan fingerprint density at radius 1 is 1.13 bits per heavy atom. The maximum absolute atomic E-state index is 16.3. The van der Waals surface area contributed by atoms with Crippen LogP contribution in [0.3, 0.4) is 0 Å². The van der Waals surface area contributed by atoms with E-state index >= 15 is 4.39 Å². The second-order valence-corrected chi connectivity index (χ2v) is 11.2. The van der Waals surface area contributed by atoms with Gasteiger partial charge in [-0.05, 0) is 52.0 Å². The van der Waals surface area contributed by atoms with Crippen molar-refractivity contribution in [3.63, 3.8) is 0 Å². The third kappa shape index (κ3) is 4.72. The van der Waals surface area contributed by atoms with Crippen molar-refractivity contribution in [3.8, 4) is 16.9 Å². The van der Waals surface area contributed by atoms with Gasteiger partial charge >= 0.3 is 0 Å². The predicted octanol–water partition coefficient (Wildman–Crippen LogP) is 5.35. The number of halogens is 3. The number of phenols is 1. The first-order chi connectivity index (χ1) is 18.5. The molecular formula is C29H32ClF2N5O2. The van der Waals surface area contributed by atoms with Crippen LogP contribution in [-0.4, -0.2) is 75.1 Å². The van der Waals surface area contributed by atoms with Gasteiger partial charge in [0.15, 0.2) is 5.82 Å². The topological polar surface area (TPSA) is 72.8 Å². The van der Waals surface area contributed by atoms with Crippen LogP contribution in [0.15, 0.2) is 36.9 Å². The Morgan fingerprint density at radius 3 is 2.49 bits per heavy atom. The number of piperazine rings is 1. The number of hydrogen-bond acceptors (Lipinski definition) is 6. The zero-order chi connectivity index (χ0) is 28.2. The maximum Gasteiger partial charge on any atom is 0.246 e. The minimum Gasteiger partial charge on any atom is -0.507 e. The van der Waals surface area contributed by atoms with Gasteiger partial charge in [0.05, 0.1) is 10.6 Å². The van der Waals surface area contributed by atoms with Crippen LogP contribution in [-0.2, 0) is 4.79 Å². The van der Waals surface area contributed by atoms with Crippen molar-refractivity contribution >= 4 is 34.2 Å². The van der Waals surface area contributed by atoms with Crippen molar-refractivity contribution in [3.05, 3.63) is 59.4 Å². The van der Waals surface area contributed by atoms with Crippen molar-refractivity contribution in [2.24, 2.45) is 0 Å². The first-order valence-electron chi connectivity index (χ1n) is 13.1. The number of fused-ring (bicyclic) bond motifs is 1. The number of likely N-dealkylation sites (tertiary alicyclic amines) is 1. The van der Waals surface area contributed by atoms with Gasteiger partial charge in [-0.3, -0.25) is 9.69 Å². The van der Waals surface area contributed by atoms with Crippen LogP contribution in [0.25, 0.3) is 22.0 Å². The summed E-state index contributed by atoms with van der Waals surface area (Å²) < 4.78 is 31.1. The molecule has 2 aromatic carbocycles. The number of benzene rings is 2. The van der Waals surface area contributed by atoms with E-state index < -0.39 is 17.4 Å². The Labute approximate surface area is 231 Å². The lowest BCUT2D eigenvalue weighted by Gasteiger charge is -2.45. The van der Waals surface area contributed by atoms with Crippen LogP contribution in [0.4, 0.5) is 14.6 Å². The molecule has 2 saturated heterocycles. The quantitative estimate of drug-likeness (QED) is 0.428. The summed E-state index contributed by atoms with van der Waals surface area (Å²) in [5.41, 5.74) is -0.531. The van der Waals surface area contributed by atoms with Crippen LogP contribution in [0.5, 0.6) is 5.75 Å². The minimum atomic E-state index is -0.816. The first kappa shape index (κ1) is 27.3. The van der Waals surface area contributed by atoms with Gasteiger partial charge in [-0.1, -0.05) is 24.2 Å². The molecule has 3 aromatic rings. The maximum atomic E-state index is 16.3. The van der Waals surface area contributed by atoms with Crippen LogP contribution in [0, 0.1) is 11.6 Å². The molecule has 0 spiro atoms. The first-order valence-corrected chi connectivity index (χ1v) is 13.5. The largest absolute Gasteiger partial charge is 0.507 e. The van der Waals surface area contributed by atoms with Crippen LogP contribution >= 0.6 is 11.6 Å². The summed E-state index contributed by atoms with van der Waals surface area (Å²) in [6.45, 7) is 14.2. The molecule has 2 aliphatic heterocycles. The fourth-order valence-corrected chi connectivity index (χ4v) is 5.82. The van der Waals surface area contributed by atoms with E-state index in [1.807, 2.05) is 13.8 Å². The molecule has 7 nitrogen and oxygen atoms in total. The lowest BCUT2D eigenvalue weighted by Crippen LogP contribution is -2.58. The predicted molar refractivity (Wildman–Crippen MR) is 149 cm³/mol. The van der Waals surface area contributed by atoms with E-state index in [0.717, 1.165) is 19.2 Å². The third-order valence-electron chi connectivity index (χ3n) is 7.84. The standard InChI is InChI=1S/C29H32ClF2N5O2/c1-6-23(39)36-11-17(5)37(12-16(36)4)29-19-10-20(30)24(25-21(31)8-7-9-22(25)38)26(32)27(19)33-28(34-29)18-13-35(14-18)15(2)3/h6-10,15-18,38H,1,11-14H2,2-5H3/t16-,17+/m1/s1. The molecule has 5 rings (SSSR count). The van der Waals surface area contributed by atoms with Crippen LogP contribution in [0.2, 0.25) is 5.02 Å². The Kier molecular flexibility index (Phi) is 7.24. The monoisotopic (exact) mass is 555 g/mol. The number of carbonyl (C=O) groups is 1. The normalized spacial score (nSPS) is 20.5. The van der Waals surface area contributed by atoms with E-state index in [2.05, 4.69) is 35.2 Å². The molecule has 1 aromatic heterocycles. The molecule has 1 amide bonds. The fourth-order valence-electron chi connectivity index (χ4n) is 5.53. The Morgan fingerprint density at radius 2 is 1.85 bits per heavy atom. The molecule has 2 atom stereocenters. The minimum absolute atomic E-state index is 0.00676. The molecule has 3 heterocycles. The number of nitrogens with zero attached hydrogens (tertiary/aromatic N) is 5. The molecule has 2 fully saturated rings. The summed E-state index contributed by atoms with van der Waals surface area (Å²) in [6.07, 6.45) is 1.31. The molecule has 0 unspecified atom stereocenters. The van der Waals surface area contributed by atoms with E-state index in [0.29, 0.717) is 36.2 Å². The highest BCUT2D eigenvalue weighted by Crippen LogP contribution is 2.43. The second kappa shape index (κ2) is 10.4. The van der Waals surface area contributed by atoms with Crippen molar-refractivity contribution < 1.29 is 18.7 Å². The Hall–Kier alpha value is -3.30. The molecule has 39 heavy (non-hydrogen) atoms. The summed E-state index contributed by atoms with van der Waals surface area (Å²) in [6, 6.07) is 5.40. The summed E-state index contributed by atoms with van der Waals surface area (Å²) in [5.74, 6) is -1.13. The number of rotatable bonds is 5. The average molecular weight is 556 g/mol. The van der Waals surface area contributed by atoms with Crippen LogP contribution in [0.1, 0.15) is 39.4 Å². The molecular weight excluding hydrogens is 524 g/mol. The van der Waals surface area contributed by atoms with Gasteiger partial charge in [0.25, 0.3) is 0 Å². The van der Waals surface area contributed by atoms with Crippen molar-refractivity contribution in [1.29, 1.82) is 0 Å². The molecule has 206 valence electrons. The van der Waals surface area contributed by atoms with Gasteiger partial charge in [0, 0.05) is 61.2 Å². The van der Waals surface area contributed by atoms with E-state index in [1.165, 1.54) is 18.2 Å². The van der Waals surface area contributed by atoms with E-state index in [-0.39, 0.29) is 45.6 Å². The highest BCUT2D eigenvalue weighted by molar-refractivity contribution is 6.34. The highest BCUT2D eigenvalue weighted by Gasteiger charge is 2.37. The zero-order valence-corrected chi connectivity index (χ0v) is 23.2. The average Bonchev–Trinajstić information content (AvgIpc) is 2.85. The number of carbonyl (C=O) groups excluding carboxylic acids is 1. The third-order valence-corrected chi connectivity index (χ3v) is 8.14. The number of aromatic hydroxyl groups is 1. The van der Waals surface area contributed by atoms with Crippen molar-refractivity contribution in [1.82, 2.24) is 19.8 Å². The summed E-state index contributed by atoms with van der Waals surface area (Å²) in [5, 5.41) is 10.7. The SMILES string of the molecule is C=CC(=O)N1C[C@H](C)N(c2nc(C3CN(C(C)C)C3)nc3c(F)c(-c4c(O)cccc4F)c(Cl)cc23)C[C@H]1C. The Balaban J connectivity index is 1.68. The molecule has 1 N–H and O–H groups in total. The van der Waals surface area contributed by atoms with Gasteiger partial charge in [0.2, 0.25) is 5.91 Å².